The van der Waals surface area contributed by atoms with Gasteiger partial charge in [-0.25, -0.2) is 9.97 Å². The summed E-state index contributed by atoms with van der Waals surface area (Å²) in [6.45, 7) is 1.84. The third kappa shape index (κ3) is 3.59. The average molecular weight is 393 g/mol. The second-order valence-electron chi connectivity index (χ2n) is 6.22. The topological polar surface area (TPSA) is 84.7 Å². The molecule has 28 heavy (non-hydrogen) atoms. The molecule has 0 spiro atoms. The fraction of sp³-hybridized carbons (Fsp3) is 0.143. The van der Waals surface area contributed by atoms with Gasteiger partial charge in [-0.05, 0) is 24.3 Å². The van der Waals surface area contributed by atoms with Crippen molar-refractivity contribution < 1.29 is 9.21 Å². The molecule has 1 aromatic carbocycles. The third-order valence-electron chi connectivity index (χ3n) is 4.30. The van der Waals surface area contributed by atoms with Crippen LogP contribution in [-0.2, 0) is 11.2 Å². The summed E-state index contributed by atoms with van der Waals surface area (Å²) >= 11 is 6.38. The molecular weight excluding hydrogens is 376 g/mol. The SMILES string of the molecule is CCC(=O)Cc1cc(-c2nc(-c3ncc[nH]3)c(-c3ccccc3Cl)o2)ccn1. The molecule has 6 nitrogen and oxygen atoms in total. The number of hydrogen-bond donors (Lipinski definition) is 1. The number of halogens is 1. The van der Waals surface area contributed by atoms with Gasteiger partial charge in [-0.1, -0.05) is 30.7 Å². The van der Waals surface area contributed by atoms with Crippen LogP contribution < -0.4 is 0 Å². The van der Waals surface area contributed by atoms with Gasteiger partial charge < -0.3 is 9.40 Å². The molecule has 0 fully saturated rings. The summed E-state index contributed by atoms with van der Waals surface area (Å²) in [5, 5.41) is 0.557. The molecule has 0 unspecified atom stereocenters. The van der Waals surface area contributed by atoms with Crippen LogP contribution in [0.15, 0.2) is 59.4 Å². The minimum atomic E-state index is 0.130. The van der Waals surface area contributed by atoms with Crippen molar-refractivity contribution in [3.8, 4) is 34.3 Å². The standard InChI is InChI=1S/C21H17ClN4O2/c1-2-15(27)12-14-11-13(7-8-23-14)21-26-18(20-24-9-10-25-20)19(28-21)16-5-3-4-6-17(16)22/h3-11H,2,12H2,1H3,(H,24,25). The van der Waals surface area contributed by atoms with Crippen LogP contribution in [0.25, 0.3) is 34.3 Å². The molecule has 0 aliphatic heterocycles. The first-order chi connectivity index (χ1) is 13.7. The van der Waals surface area contributed by atoms with Crippen LogP contribution in [0.5, 0.6) is 0 Å². The summed E-state index contributed by atoms with van der Waals surface area (Å²) in [5.74, 6) is 1.65. The number of oxazole rings is 1. The summed E-state index contributed by atoms with van der Waals surface area (Å²) in [5.41, 5.74) is 2.71. The molecule has 3 aromatic heterocycles. The minimum Gasteiger partial charge on any atom is -0.435 e. The summed E-state index contributed by atoms with van der Waals surface area (Å²) in [4.78, 5) is 28.0. The number of carbonyl (C=O) groups excluding carboxylic acids is 1. The Morgan fingerprint density at radius 2 is 2.04 bits per heavy atom. The number of pyridine rings is 1. The Morgan fingerprint density at radius 3 is 2.79 bits per heavy atom. The lowest BCUT2D eigenvalue weighted by Gasteiger charge is -2.02. The maximum Gasteiger partial charge on any atom is 0.227 e. The zero-order valence-electron chi connectivity index (χ0n) is 15.1. The zero-order chi connectivity index (χ0) is 19.5. The minimum absolute atomic E-state index is 0.130. The van der Waals surface area contributed by atoms with E-state index in [1.165, 1.54) is 0 Å². The number of aromatic nitrogens is 4. The molecule has 7 heteroatoms. The molecule has 4 aromatic rings. The van der Waals surface area contributed by atoms with E-state index in [2.05, 4.69) is 19.9 Å². The Labute approximate surface area is 166 Å². The maximum atomic E-state index is 11.8. The van der Waals surface area contributed by atoms with Crippen LogP contribution in [0.4, 0.5) is 0 Å². The second-order valence-corrected chi connectivity index (χ2v) is 6.63. The van der Waals surface area contributed by atoms with Gasteiger partial charge >= 0.3 is 0 Å². The number of imidazole rings is 1. The van der Waals surface area contributed by atoms with Crippen molar-refractivity contribution in [2.24, 2.45) is 0 Å². The normalized spacial score (nSPS) is 10.9. The Balaban J connectivity index is 1.82. The van der Waals surface area contributed by atoms with Crippen molar-refractivity contribution in [2.45, 2.75) is 19.8 Å². The van der Waals surface area contributed by atoms with E-state index in [0.717, 1.165) is 11.1 Å². The number of aromatic amines is 1. The number of Topliss-reactive ketones (excluding diaryl/α,β-unsaturated/α-hetero) is 1. The zero-order valence-corrected chi connectivity index (χ0v) is 15.9. The number of carbonyl (C=O) groups is 1. The molecule has 1 N–H and O–H groups in total. The molecule has 0 atom stereocenters. The van der Waals surface area contributed by atoms with E-state index in [4.69, 9.17) is 16.0 Å². The largest absolute Gasteiger partial charge is 0.435 e. The highest BCUT2D eigenvalue weighted by atomic mass is 35.5. The molecule has 3 heterocycles. The fourth-order valence-electron chi connectivity index (χ4n) is 2.86. The predicted octanol–water partition coefficient (Wildman–Crippen LogP) is 4.97. The monoisotopic (exact) mass is 392 g/mol. The van der Waals surface area contributed by atoms with Gasteiger partial charge in [0, 0.05) is 48.3 Å². The Bertz CT molecular complexity index is 1120. The van der Waals surface area contributed by atoms with E-state index in [9.17, 15) is 4.79 Å². The Kier molecular flexibility index (Phi) is 5.04. The van der Waals surface area contributed by atoms with E-state index in [-0.39, 0.29) is 12.2 Å². The van der Waals surface area contributed by atoms with Gasteiger partial charge in [0.05, 0.1) is 5.02 Å². The molecule has 0 aliphatic rings. The first kappa shape index (κ1) is 18.1. The third-order valence-corrected chi connectivity index (χ3v) is 4.63. The lowest BCUT2D eigenvalue weighted by Crippen LogP contribution is -2.02. The van der Waals surface area contributed by atoms with Crippen LogP contribution in [0.2, 0.25) is 5.02 Å². The molecule has 0 aliphatic carbocycles. The van der Waals surface area contributed by atoms with Crippen LogP contribution in [0.3, 0.4) is 0 Å². The van der Waals surface area contributed by atoms with Gasteiger partial charge in [-0.15, -0.1) is 0 Å². The van der Waals surface area contributed by atoms with Gasteiger partial charge in [0.2, 0.25) is 5.89 Å². The van der Waals surface area contributed by atoms with E-state index >= 15 is 0 Å². The van der Waals surface area contributed by atoms with E-state index in [1.54, 1.807) is 30.7 Å². The number of nitrogens with zero attached hydrogens (tertiary/aromatic N) is 3. The summed E-state index contributed by atoms with van der Waals surface area (Å²) in [6, 6.07) is 11.0. The van der Waals surface area contributed by atoms with E-state index < -0.39 is 0 Å². The van der Waals surface area contributed by atoms with E-state index in [0.29, 0.717) is 40.3 Å². The van der Waals surface area contributed by atoms with Crippen molar-refractivity contribution in [3.63, 3.8) is 0 Å². The predicted molar refractivity (Wildman–Crippen MR) is 107 cm³/mol. The van der Waals surface area contributed by atoms with Gasteiger partial charge in [-0.2, -0.15) is 0 Å². The van der Waals surface area contributed by atoms with Gasteiger partial charge in [0.15, 0.2) is 17.3 Å². The highest BCUT2D eigenvalue weighted by Crippen LogP contribution is 2.37. The number of ketones is 1. The highest BCUT2D eigenvalue weighted by molar-refractivity contribution is 6.33. The lowest BCUT2D eigenvalue weighted by atomic mass is 10.1. The van der Waals surface area contributed by atoms with Gasteiger partial charge in [-0.3, -0.25) is 9.78 Å². The number of H-pyrrole nitrogens is 1. The molecule has 0 amide bonds. The molecule has 140 valence electrons. The number of rotatable bonds is 6. The highest BCUT2D eigenvalue weighted by Gasteiger charge is 2.21. The van der Waals surface area contributed by atoms with Gasteiger partial charge in [0.25, 0.3) is 0 Å². The quantitative estimate of drug-likeness (QED) is 0.500. The van der Waals surface area contributed by atoms with Crippen LogP contribution in [0.1, 0.15) is 19.0 Å². The van der Waals surface area contributed by atoms with Gasteiger partial charge in [0.1, 0.15) is 5.78 Å². The molecule has 0 saturated heterocycles. The molecular formula is C21H17ClN4O2. The van der Waals surface area contributed by atoms with Crippen molar-refractivity contribution >= 4 is 17.4 Å². The van der Waals surface area contributed by atoms with Crippen molar-refractivity contribution in [1.82, 2.24) is 19.9 Å². The number of benzene rings is 1. The Morgan fingerprint density at radius 1 is 1.18 bits per heavy atom. The van der Waals surface area contributed by atoms with Crippen molar-refractivity contribution in [2.75, 3.05) is 0 Å². The second kappa shape index (κ2) is 7.78. The summed E-state index contributed by atoms with van der Waals surface area (Å²) < 4.78 is 6.11. The van der Waals surface area contributed by atoms with Crippen LogP contribution >= 0.6 is 11.6 Å². The number of hydrogen-bond acceptors (Lipinski definition) is 5. The lowest BCUT2D eigenvalue weighted by molar-refractivity contribution is -0.118. The van der Waals surface area contributed by atoms with E-state index in [1.807, 2.05) is 31.2 Å². The summed E-state index contributed by atoms with van der Waals surface area (Å²) in [6.07, 6.45) is 5.79. The molecule has 0 bridgehead atoms. The van der Waals surface area contributed by atoms with Crippen LogP contribution in [0, 0.1) is 0 Å². The molecule has 0 saturated carbocycles. The smallest absolute Gasteiger partial charge is 0.227 e. The number of nitrogens with one attached hydrogen (secondary N) is 1. The fourth-order valence-corrected chi connectivity index (χ4v) is 3.08. The Hall–Kier alpha value is -3.25. The van der Waals surface area contributed by atoms with Crippen LogP contribution in [-0.4, -0.2) is 25.7 Å². The van der Waals surface area contributed by atoms with Crippen molar-refractivity contribution in [1.29, 1.82) is 0 Å². The summed E-state index contributed by atoms with van der Waals surface area (Å²) in [7, 11) is 0. The first-order valence-corrected chi connectivity index (χ1v) is 9.26. The first-order valence-electron chi connectivity index (χ1n) is 8.88. The molecule has 4 rings (SSSR count). The van der Waals surface area contributed by atoms with Crippen molar-refractivity contribution in [3.05, 3.63) is 65.7 Å². The molecule has 0 radical (unpaired) electrons. The average Bonchev–Trinajstić information content (AvgIpc) is 3.38. The maximum absolute atomic E-state index is 11.8.